The molecule has 6 heteroatoms. The first kappa shape index (κ1) is 18.9. The molecule has 0 fully saturated rings. The van der Waals surface area contributed by atoms with E-state index in [9.17, 15) is 14.0 Å². The number of hydrogen-bond donors (Lipinski definition) is 1. The number of amides is 1. The Kier molecular flexibility index (Phi) is 4.68. The van der Waals surface area contributed by atoms with E-state index in [-0.39, 0.29) is 16.7 Å². The molecule has 0 aliphatic carbocycles. The van der Waals surface area contributed by atoms with Gasteiger partial charge in [-0.1, -0.05) is 29.8 Å². The molecule has 0 unspecified atom stereocenters. The molecule has 1 N–H and O–H groups in total. The summed E-state index contributed by atoms with van der Waals surface area (Å²) in [5.74, 6) is -1.99. The van der Waals surface area contributed by atoms with Gasteiger partial charge < -0.3 is 5.11 Å². The van der Waals surface area contributed by atoms with Crippen LogP contribution in [0.5, 0.6) is 0 Å². The standard InChI is InChI=1S/C23H15ClFNO3/c1-13-4-2-5-18(24)16(13)12-17-21-19(25)6-3-7-20(21)26(22(17)27)15-10-8-14(9-11-15)23(28)29/h2-12H,1H3,(H,28,29)/b17-12-. The smallest absolute Gasteiger partial charge is 0.335 e. The summed E-state index contributed by atoms with van der Waals surface area (Å²) in [7, 11) is 0. The van der Waals surface area contributed by atoms with Crippen LogP contribution in [0.25, 0.3) is 11.6 Å². The molecular formula is C23H15ClFNO3. The van der Waals surface area contributed by atoms with Crippen LogP contribution in [0.3, 0.4) is 0 Å². The SMILES string of the molecule is Cc1cccc(Cl)c1/C=C1\C(=O)N(c2ccc(C(=O)O)cc2)c2cccc(F)c21. The van der Waals surface area contributed by atoms with Crippen LogP contribution < -0.4 is 4.90 Å². The summed E-state index contributed by atoms with van der Waals surface area (Å²) in [5, 5.41) is 9.56. The van der Waals surface area contributed by atoms with E-state index in [2.05, 4.69) is 0 Å². The van der Waals surface area contributed by atoms with Gasteiger partial charge in [-0.25, -0.2) is 9.18 Å². The number of carboxylic acid groups (broad SMARTS) is 1. The molecule has 1 amide bonds. The summed E-state index contributed by atoms with van der Waals surface area (Å²) in [6.45, 7) is 1.86. The molecule has 144 valence electrons. The van der Waals surface area contributed by atoms with Gasteiger partial charge in [-0.2, -0.15) is 0 Å². The van der Waals surface area contributed by atoms with Crippen LogP contribution in [-0.4, -0.2) is 17.0 Å². The second kappa shape index (κ2) is 7.18. The van der Waals surface area contributed by atoms with Gasteiger partial charge in [0.25, 0.3) is 5.91 Å². The van der Waals surface area contributed by atoms with E-state index in [1.54, 1.807) is 24.3 Å². The number of rotatable bonds is 3. The maximum Gasteiger partial charge on any atom is 0.335 e. The third kappa shape index (κ3) is 3.19. The van der Waals surface area contributed by atoms with E-state index in [1.807, 2.05) is 13.0 Å². The number of aryl methyl sites for hydroxylation is 1. The van der Waals surface area contributed by atoms with Crippen LogP contribution in [0.15, 0.2) is 60.7 Å². The molecule has 1 aliphatic rings. The third-order valence-corrected chi connectivity index (χ3v) is 5.20. The Hall–Kier alpha value is -3.44. The molecule has 29 heavy (non-hydrogen) atoms. The normalized spacial score (nSPS) is 14.4. The van der Waals surface area contributed by atoms with Gasteiger partial charge in [0, 0.05) is 16.3 Å². The van der Waals surface area contributed by atoms with Crippen molar-refractivity contribution in [2.24, 2.45) is 0 Å². The van der Waals surface area contributed by atoms with Crippen molar-refractivity contribution in [3.05, 3.63) is 93.8 Å². The predicted octanol–water partition coefficient (Wildman–Crippen LogP) is 5.70. The lowest BCUT2D eigenvalue weighted by atomic mass is 10.0. The van der Waals surface area contributed by atoms with Gasteiger partial charge in [0.15, 0.2) is 0 Å². The fraction of sp³-hybridized carbons (Fsp3) is 0.0435. The van der Waals surface area contributed by atoms with Gasteiger partial charge >= 0.3 is 5.97 Å². The van der Waals surface area contributed by atoms with Crippen LogP contribution in [0.2, 0.25) is 5.02 Å². The largest absolute Gasteiger partial charge is 0.478 e. The van der Waals surface area contributed by atoms with Crippen LogP contribution in [0, 0.1) is 12.7 Å². The van der Waals surface area contributed by atoms with Crippen molar-refractivity contribution in [1.29, 1.82) is 0 Å². The summed E-state index contributed by atoms with van der Waals surface area (Å²) in [4.78, 5) is 25.8. The molecule has 0 spiro atoms. The zero-order chi connectivity index (χ0) is 20.7. The van der Waals surface area contributed by atoms with Crippen molar-refractivity contribution in [3.63, 3.8) is 0 Å². The van der Waals surface area contributed by atoms with E-state index < -0.39 is 17.7 Å². The first-order chi connectivity index (χ1) is 13.9. The molecule has 0 atom stereocenters. The summed E-state index contributed by atoms with van der Waals surface area (Å²) < 4.78 is 14.7. The number of aromatic carboxylic acids is 1. The van der Waals surface area contributed by atoms with Crippen LogP contribution in [-0.2, 0) is 4.79 Å². The van der Waals surface area contributed by atoms with Gasteiger partial charge in [0.2, 0.25) is 0 Å². The minimum Gasteiger partial charge on any atom is -0.478 e. The van der Waals surface area contributed by atoms with Crippen molar-refractivity contribution in [3.8, 4) is 0 Å². The molecule has 0 saturated heterocycles. The molecule has 3 aromatic carbocycles. The highest BCUT2D eigenvalue weighted by atomic mass is 35.5. The van der Waals surface area contributed by atoms with E-state index in [0.29, 0.717) is 22.0 Å². The molecule has 3 aromatic rings. The van der Waals surface area contributed by atoms with Gasteiger partial charge in [0.1, 0.15) is 5.82 Å². The number of hydrogen-bond acceptors (Lipinski definition) is 2. The van der Waals surface area contributed by atoms with Crippen molar-refractivity contribution >= 4 is 46.5 Å². The molecule has 0 aromatic heterocycles. The number of fused-ring (bicyclic) bond motifs is 1. The topological polar surface area (TPSA) is 57.6 Å². The first-order valence-corrected chi connectivity index (χ1v) is 9.20. The second-order valence-corrected chi connectivity index (χ2v) is 7.06. The van der Waals surface area contributed by atoms with Crippen LogP contribution in [0.4, 0.5) is 15.8 Å². The van der Waals surface area contributed by atoms with Gasteiger partial charge in [-0.15, -0.1) is 0 Å². The number of carboxylic acids is 1. The Balaban J connectivity index is 1.89. The number of carbonyl (C=O) groups is 2. The van der Waals surface area contributed by atoms with E-state index >= 15 is 0 Å². The maximum absolute atomic E-state index is 14.7. The van der Waals surface area contributed by atoms with Gasteiger partial charge in [-0.05, 0) is 66.6 Å². The number of carbonyl (C=O) groups excluding carboxylic acids is 1. The minimum atomic E-state index is -1.06. The quantitative estimate of drug-likeness (QED) is 0.566. The monoisotopic (exact) mass is 407 g/mol. The Bertz CT molecular complexity index is 1160. The highest BCUT2D eigenvalue weighted by Gasteiger charge is 2.36. The van der Waals surface area contributed by atoms with Crippen molar-refractivity contribution in [2.75, 3.05) is 4.90 Å². The fourth-order valence-corrected chi connectivity index (χ4v) is 3.69. The lowest BCUT2D eigenvalue weighted by Crippen LogP contribution is -2.20. The molecule has 0 bridgehead atoms. The second-order valence-electron chi connectivity index (χ2n) is 6.65. The minimum absolute atomic E-state index is 0.0994. The lowest BCUT2D eigenvalue weighted by molar-refractivity contribution is -0.112. The maximum atomic E-state index is 14.7. The number of nitrogens with zero attached hydrogens (tertiary/aromatic N) is 1. The van der Waals surface area contributed by atoms with E-state index in [4.69, 9.17) is 16.7 Å². The Labute approximate surface area is 171 Å². The highest BCUT2D eigenvalue weighted by Crippen LogP contribution is 2.44. The molecular weight excluding hydrogens is 393 g/mol. The molecule has 4 nitrogen and oxygen atoms in total. The van der Waals surface area contributed by atoms with Gasteiger partial charge in [0.05, 0.1) is 16.8 Å². The summed E-state index contributed by atoms with van der Waals surface area (Å²) in [6.07, 6.45) is 1.60. The van der Waals surface area contributed by atoms with Crippen LogP contribution in [0.1, 0.15) is 27.0 Å². The molecule has 0 radical (unpaired) electrons. The van der Waals surface area contributed by atoms with Gasteiger partial charge in [-0.3, -0.25) is 9.69 Å². The average molecular weight is 408 g/mol. The van der Waals surface area contributed by atoms with Crippen LogP contribution >= 0.6 is 11.6 Å². The molecule has 1 aliphatic heterocycles. The number of anilines is 2. The fourth-order valence-electron chi connectivity index (χ4n) is 3.42. The lowest BCUT2D eigenvalue weighted by Gasteiger charge is -2.17. The Morgan fingerprint density at radius 2 is 1.76 bits per heavy atom. The van der Waals surface area contributed by atoms with Crippen molar-refractivity contribution in [2.45, 2.75) is 6.92 Å². The third-order valence-electron chi connectivity index (χ3n) is 4.87. The average Bonchev–Trinajstić information content (AvgIpc) is 2.97. The Morgan fingerprint density at radius 1 is 1.07 bits per heavy atom. The van der Waals surface area contributed by atoms with Crippen molar-refractivity contribution in [1.82, 2.24) is 0 Å². The van der Waals surface area contributed by atoms with Crippen molar-refractivity contribution < 1.29 is 19.1 Å². The highest BCUT2D eigenvalue weighted by molar-refractivity contribution is 6.39. The molecule has 4 rings (SSSR count). The number of halogens is 2. The predicted molar refractivity (Wildman–Crippen MR) is 111 cm³/mol. The Morgan fingerprint density at radius 3 is 2.41 bits per heavy atom. The summed E-state index contributed by atoms with van der Waals surface area (Å²) >= 11 is 6.30. The summed E-state index contributed by atoms with van der Waals surface area (Å²) in [5.41, 5.74) is 2.84. The van der Waals surface area contributed by atoms with E-state index in [0.717, 1.165) is 5.56 Å². The summed E-state index contributed by atoms with van der Waals surface area (Å²) in [6, 6.07) is 15.7. The van der Waals surface area contributed by atoms with E-state index in [1.165, 1.54) is 41.3 Å². The molecule has 1 heterocycles. The number of benzene rings is 3. The zero-order valence-electron chi connectivity index (χ0n) is 15.3. The molecule has 0 saturated carbocycles. The first-order valence-electron chi connectivity index (χ1n) is 8.82. The zero-order valence-corrected chi connectivity index (χ0v) is 16.1.